The van der Waals surface area contributed by atoms with Gasteiger partial charge >= 0.3 is 0 Å². The summed E-state index contributed by atoms with van der Waals surface area (Å²) in [4.78, 5) is 28.4. The SMILES string of the molecule is CC(C)n1nc(C(=O)N2CCN(c3ccccc3Cl)CC2)ccc1=O. The zero-order valence-corrected chi connectivity index (χ0v) is 15.1. The lowest BCUT2D eigenvalue weighted by Gasteiger charge is -2.36. The number of hydrogen-bond donors (Lipinski definition) is 0. The van der Waals surface area contributed by atoms with Crippen molar-refractivity contribution in [3.05, 3.63) is 57.5 Å². The minimum absolute atomic E-state index is 0.0858. The zero-order chi connectivity index (χ0) is 18.0. The first-order valence-corrected chi connectivity index (χ1v) is 8.74. The number of anilines is 1. The summed E-state index contributed by atoms with van der Waals surface area (Å²) in [5.41, 5.74) is 1.09. The molecule has 1 aromatic heterocycles. The lowest BCUT2D eigenvalue weighted by molar-refractivity contribution is 0.0737. The number of amides is 1. The Labute approximate surface area is 151 Å². The number of rotatable bonds is 3. The number of aromatic nitrogens is 2. The van der Waals surface area contributed by atoms with Crippen LogP contribution in [0.5, 0.6) is 0 Å². The Hall–Kier alpha value is -2.34. The van der Waals surface area contributed by atoms with E-state index in [-0.39, 0.29) is 17.5 Å². The second kappa shape index (κ2) is 7.27. The average Bonchev–Trinajstić information content (AvgIpc) is 2.62. The number of carbonyl (C=O) groups excluding carboxylic acids is 1. The van der Waals surface area contributed by atoms with E-state index in [0.29, 0.717) is 36.9 Å². The van der Waals surface area contributed by atoms with Crippen LogP contribution < -0.4 is 10.5 Å². The van der Waals surface area contributed by atoms with E-state index in [1.54, 1.807) is 4.90 Å². The molecule has 0 atom stereocenters. The van der Waals surface area contributed by atoms with Crippen LogP contribution in [0.15, 0.2) is 41.2 Å². The van der Waals surface area contributed by atoms with Crippen LogP contribution in [0.2, 0.25) is 5.02 Å². The van der Waals surface area contributed by atoms with Gasteiger partial charge in [-0.05, 0) is 32.0 Å². The maximum atomic E-state index is 12.7. The van der Waals surface area contributed by atoms with Gasteiger partial charge in [-0.2, -0.15) is 5.10 Å². The molecular weight excluding hydrogens is 340 g/mol. The van der Waals surface area contributed by atoms with Gasteiger partial charge in [0.15, 0.2) is 0 Å². The number of halogens is 1. The molecule has 0 bridgehead atoms. The molecule has 0 saturated carbocycles. The Balaban J connectivity index is 1.71. The van der Waals surface area contributed by atoms with E-state index >= 15 is 0 Å². The van der Waals surface area contributed by atoms with Crippen LogP contribution in [0.25, 0.3) is 0 Å². The topological polar surface area (TPSA) is 58.4 Å². The Morgan fingerprint density at radius 1 is 1.08 bits per heavy atom. The Kier molecular flexibility index (Phi) is 5.08. The molecule has 132 valence electrons. The van der Waals surface area contributed by atoms with Gasteiger partial charge in [-0.15, -0.1) is 0 Å². The van der Waals surface area contributed by atoms with Crippen LogP contribution >= 0.6 is 11.6 Å². The summed E-state index contributed by atoms with van der Waals surface area (Å²) in [6.45, 7) is 6.33. The van der Waals surface area contributed by atoms with Crippen molar-refractivity contribution in [1.29, 1.82) is 0 Å². The van der Waals surface area contributed by atoms with Gasteiger partial charge in [0.2, 0.25) is 0 Å². The fourth-order valence-electron chi connectivity index (χ4n) is 2.93. The molecule has 1 fully saturated rings. The summed E-state index contributed by atoms with van der Waals surface area (Å²) in [5.74, 6) is -0.145. The first-order valence-electron chi connectivity index (χ1n) is 8.36. The number of piperazine rings is 1. The third kappa shape index (κ3) is 3.69. The molecule has 2 aromatic rings. The minimum Gasteiger partial charge on any atom is -0.367 e. The van der Waals surface area contributed by atoms with E-state index in [4.69, 9.17) is 11.6 Å². The van der Waals surface area contributed by atoms with Crippen LogP contribution in [0.3, 0.4) is 0 Å². The van der Waals surface area contributed by atoms with Crippen molar-refractivity contribution < 1.29 is 4.79 Å². The average molecular weight is 361 g/mol. The normalized spacial score (nSPS) is 14.9. The fraction of sp³-hybridized carbons (Fsp3) is 0.389. The van der Waals surface area contributed by atoms with Crippen LogP contribution in [-0.4, -0.2) is 46.8 Å². The smallest absolute Gasteiger partial charge is 0.274 e. The van der Waals surface area contributed by atoms with Gasteiger partial charge < -0.3 is 9.80 Å². The van der Waals surface area contributed by atoms with E-state index in [9.17, 15) is 9.59 Å². The third-order valence-electron chi connectivity index (χ3n) is 4.29. The molecule has 6 nitrogen and oxygen atoms in total. The van der Waals surface area contributed by atoms with E-state index in [2.05, 4.69) is 10.00 Å². The highest BCUT2D eigenvalue weighted by atomic mass is 35.5. The van der Waals surface area contributed by atoms with Crippen molar-refractivity contribution in [1.82, 2.24) is 14.7 Å². The molecule has 1 aliphatic heterocycles. The van der Waals surface area contributed by atoms with Crippen LogP contribution in [0, 0.1) is 0 Å². The fourth-order valence-corrected chi connectivity index (χ4v) is 3.19. The van der Waals surface area contributed by atoms with Gasteiger partial charge in [-0.1, -0.05) is 23.7 Å². The molecule has 1 amide bonds. The predicted molar refractivity (Wildman–Crippen MR) is 98.5 cm³/mol. The maximum absolute atomic E-state index is 12.7. The molecule has 3 rings (SSSR count). The number of benzene rings is 1. The molecule has 25 heavy (non-hydrogen) atoms. The maximum Gasteiger partial charge on any atom is 0.274 e. The van der Waals surface area contributed by atoms with E-state index < -0.39 is 0 Å². The summed E-state index contributed by atoms with van der Waals surface area (Å²) in [5, 5.41) is 4.93. The molecule has 2 heterocycles. The van der Waals surface area contributed by atoms with E-state index in [0.717, 1.165) is 5.69 Å². The second-order valence-corrected chi connectivity index (χ2v) is 6.73. The van der Waals surface area contributed by atoms with Crippen LogP contribution in [0.1, 0.15) is 30.4 Å². The number of para-hydroxylation sites is 1. The Morgan fingerprint density at radius 3 is 2.40 bits per heavy atom. The van der Waals surface area contributed by atoms with E-state index in [1.807, 2.05) is 38.1 Å². The highest BCUT2D eigenvalue weighted by Crippen LogP contribution is 2.26. The monoisotopic (exact) mass is 360 g/mol. The molecule has 0 spiro atoms. The Bertz CT molecular complexity index is 826. The number of nitrogens with zero attached hydrogens (tertiary/aromatic N) is 4. The van der Waals surface area contributed by atoms with Gasteiger partial charge in [0.05, 0.1) is 16.8 Å². The highest BCUT2D eigenvalue weighted by molar-refractivity contribution is 6.33. The molecule has 0 aliphatic carbocycles. The van der Waals surface area contributed by atoms with Gasteiger partial charge in [0.1, 0.15) is 5.69 Å². The second-order valence-electron chi connectivity index (χ2n) is 6.33. The van der Waals surface area contributed by atoms with Crippen molar-refractivity contribution in [3.8, 4) is 0 Å². The Morgan fingerprint density at radius 2 is 1.76 bits per heavy atom. The van der Waals surface area contributed by atoms with Crippen molar-refractivity contribution >= 4 is 23.2 Å². The summed E-state index contributed by atoms with van der Waals surface area (Å²) in [7, 11) is 0. The highest BCUT2D eigenvalue weighted by Gasteiger charge is 2.24. The molecule has 0 radical (unpaired) electrons. The molecule has 0 unspecified atom stereocenters. The molecule has 1 aliphatic rings. The summed E-state index contributed by atoms with van der Waals surface area (Å²) >= 11 is 6.25. The van der Waals surface area contributed by atoms with Crippen LogP contribution in [-0.2, 0) is 0 Å². The van der Waals surface area contributed by atoms with E-state index in [1.165, 1.54) is 16.8 Å². The zero-order valence-electron chi connectivity index (χ0n) is 14.4. The molecule has 0 N–H and O–H groups in total. The van der Waals surface area contributed by atoms with Crippen molar-refractivity contribution in [3.63, 3.8) is 0 Å². The van der Waals surface area contributed by atoms with Gasteiger partial charge in [0, 0.05) is 32.2 Å². The molecule has 1 aromatic carbocycles. The van der Waals surface area contributed by atoms with Crippen LogP contribution in [0.4, 0.5) is 5.69 Å². The van der Waals surface area contributed by atoms with Crippen molar-refractivity contribution in [2.24, 2.45) is 0 Å². The first kappa shape index (κ1) is 17.5. The lowest BCUT2D eigenvalue weighted by Crippen LogP contribution is -2.49. The summed E-state index contributed by atoms with van der Waals surface area (Å²) < 4.78 is 1.34. The summed E-state index contributed by atoms with van der Waals surface area (Å²) in [6, 6.07) is 10.5. The van der Waals surface area contributed by atoms with Crippen molar-refractivity contribution in [2.45, 2.75) is 19.9 Å². The molecule has 1 saturated heterocycles. The van der Waals surface area contributed by atoms with Gasteiger partial charge in [-0.3, -0.25) is 9.59 Å². The number of carbonyl (C=O) groups is 1. The first-order chi connectivity index (χ1) is 12.0. The summed E-state index contributed by atoms with van der Waals surface area (Å²) in [6.07, 6.45) is 0. The lowest BCUT2D eigenvalue weighted by atomic mass is 10.2. The van der Waals surface area contributed by atoms with Gasteiger partial charge in [0.25, 0.3) is 11.5 Å². The predicted octanol–water partition coefficient (Wildman–Crippen LogP) is 2.44. The quantitative estimate of drug-likeness (QED) is 0.843. The minimum atomic E-state index is -0.199. The van der Waals surface area contributed by atoms with Crippen molar-refractivity contribution in [2.75, 3.05) is 31.1 Å². The largest absolute Gasteiger partial charge is 0.367 e. The molecule has 7 heteroatoms. The number of hydrogen-bond acceptors (Lipinski definition) is 4. The van der Waals surface area contributed by atoms with Gasteiger partial charge in [-0.25, -0.2) is 4.68 Å². The standard InChI is InChI=1S/C18H21ClN4O2/c1-13(2)23-17(24)8-7-15(20-23)18(25)22-11-9-21(10-12-22)16-6-4-3-5-14(16)19/h3-8,13H,9-12H2,1-2H3. The molecular formula is C18H21ClN4O2. The third-order valence-corrected chi connectivity index (χ3v) is 4.61.